The lowest BCUT2D eigenvalue weighted by atomic mass is 10.1. The van der Waals surface area contributed by atoms with Gasteiger partial charge in [0.25, 0.3) is 5.91 Å². The third-order valence-corrected chi connectivity index (χ3v) is 3.73. The third kappa shape index (κ3) is 3.05. The number of aryl methyl sites for hydroxylation is 1. The van der Waals surface area contributed by atoms with Crippen LogP contribution in [0.2, 0.25) is 5.02 Å². The van der Waals surface area contributed by atoms with E-state index in [-0.39, 0.29) is 11.3 Å². The van der Waals surface area contributed by atoms with Crippen molar-refractivity contribution in [1.82, 2.24) is 15.0 Å². The van der Waals surface area contributed by atoms with E-state index in [0.29, 0.717) is 5.52 Å². The largest absolute Gasteiger partial charge is 0.417 e. The summed E-state index contributed by atoms with van der Waals surface area (Å²) >= 11 is 5.55. The van der Waals surface area contributed by atoms with Crippen LogP contribution < -0.4 is 5.32 Å². The highest BCUT2D eigenvalue weighted by molar-refractivity contribution is 6.31. The van der Waals surface area contributed by atoms with Crippen LogP contribution in [0.1, 0.15) is 15.9 Å². The quantitative estimate of drug-likeness (QED) is 0.759. The zero-order valence-electron chi connectivity index (χ0n) is 12.2. The van der Waals surface area contributed by atoms with Crippen molar-refractivity contribution in [3.05, 3.63) is 52.5 Å². The smallest absolute Gasteiger partial charge is 0.322 e. The molecule has 0 aliphatic carbocycles. The van der Waals surface area contributed by atoms with Gasteiger partial charge in [-0.2, -0.15) is 13.2 Å². The number of benzene rings is 2. The molecule has 24 heavy (non-hydrogen) atoms. The molecule has 3 rings (SSSR count). The standard InChI is InChI=1S/C15H10ClF3N4O/c1-23-13-5-2-8(6-12(13)21-22-23)14(24)20-9-3-4-11(16)10(7-9)15(17,18)19/h2-7H,1H3,(H,20,24). The number of carbonyl (C=O) groups is 1. The van der Waals surface area contributed by atoms with Crippen LogP contribution in [0.3, 0.4) is 0 Å². The second kappa shape index (κ2) is 5.79. The summed E-state index contributed by atoms with van der Waals surface area (Å²) in [6, 6.07) is 7.90. The van der Waals surface area contributed by atoms with Gasteiger partial charge in [0, 0.05) is 18.3 Å². The minimum absolute atomic E-state index is 0.00373. The molecule has 1 heterocycles. The van der Waals surface area contributed by atoms with Gasteiger partial charge in [-0.15, -0.1) is 5.10 Å². The second-order valence-corrected chi connectivity index (χ2v) is 5.47. The molecule has 1 amide bonds. The van der Waals surface area contributed by atoms with E-state index in [9.17, 15) is 18.0 Å². The lowest BCUT2D eigenvalue weighted by Crippen LogP contribution is -2.13. The van der Waals surface area contributed by atoms with E-state index in [2.05, 4.69) is 15.6 Å². The van der Waals surface area contributed by atoms with Crippen LogP contribution in [0.15, 0.2) is 36.4 Å². The number of amides is 1. The molecule has 3 aromatic rings. The van der Waals surface area contributed by atoms with Gasteiger partial charge in [0.1, 0.15) is 5.52 Å². The SMILES string of the molecule is Cn1nnc2cc(C(=O)Nc3ccc(Cl)c(C(F)(F)F)c3)ccc21. The summed E-state index contributed by atoms with van der Waals surface area (Å²) < 4.78 is 40.1. The fourth-order valence-corrected chi connectivity index (χ4v) is 2.43. The molecular weight excluding hydrogens is 345 g/mol. The highest BCUT2D eigenvalue weighted by Gasteiger charge is 2.33. The van der Waals surface area contributed by atoms with Crippen LogP contribution in [0.25, 0.3) is 11.0 Å². The van der Waals surface area contributed by atoms with Gasteiger partial charge in [-0.3, -0.25) is 4.79 Å². The molecule has 0 fully saturated rings. The number of alkyl halides is 3. The average Bonchev–Trinajstić information content (AvgIpc) is 2.89. The predicted octanol–water partition coefficient (Wildman–Crippen LogP) is 3.89. The third-order valence-electron chi connectivity index (χ3n) is 3.40. The average molecular weight is 355 g/mol. The molecule has 0 aliphatic heterocycles. The first kappa shape index (κ1) is 16.3. The van der Waals surface area contributed by atoms with E-state index in [1.54, 1.807) is 23.9 Å². The van der Waals surface area contributed by atoms with E-state index < -0.39 is 22.7 Å². The predicted molar refractivity (Wildman–Crippen MR) is 82.9 cm³/mol. The number of anilines is 1. The lowest BCUT2D eigenvalue weighted by molar-refractivity contribution is -0.137. The number of nitrogens with zero attached hydrogens (tertiary/aromatic N) is 3. The molecule has 2 aromatic carbocycles. The summed E-state index contributed by atoms with van der Waals surface area (Å²) in [6.45, 7) is 0. The number of halogens is 4. The zero-order chi connectivity index (χ0) is 17.5. The van der Waals surface area contributed by atoms with Crippen molar-refractivity contribution in [1.29, 1.82) is 0 Å². The first-order chi connectivity index (χ1) is 11.3. The van der Waals surface area contributed by atoms with Crippen LogP contribution in [0, 0.1) is 0 Å². The van der Waals surface area contributed by atoms with Crippen molar-refractivity contribution < 1.29 is 18.0 Å². The summed E-state index contributed by atoms with van der Waals surface area (Å²) in [5, 5.41) is 9.70. The molecule has 0 spiro atoms. The van der Waals surface area contributed by atoms with Gasteiger partial charge in [-0.25, -0.2) is 4.68 Å². The Kier molecular flexibility index (Phi) is 3.92. The normalized spacial score (nSPS) is 11.7. The van der Waals surface area contributed by atoms with Gasteiger partial charge in [0.2, 0.25) is 0 Å². The number of fused-ring (bicyclic) bond motifs is 1. The molecule has 5 nitrogen and oxygen atoms in total. The Balaban J connectivity index is 1.88. The molecule has 0 saturated carbocycles. The van der Waals surface area contributed by atoms with Crippen LogP contribution in [-0.4, -0.2) is 20.9 Å². The number of rotatable bonds is 2. The molecule has 124 valence electrons. The highest BCUT2D eigenvalue weighted by atomic mass is 35.5. The Bertz CT molecular complexity index is 936. The van der Waals surface area contributed by atoms with Crippen LogP contribution in [-0.2, 0) is 13.2 Å². The topological polar surface area (TPSA) is 59.8 Å². The molecule has 0 bridgehead atoms. The maximum Gasteiger partial charge on any atom is 0.417 e. The van der Waals surface area contributed by atoms with Gasteiger partial charge in [0.05, 0.1) is 16.1 Å². The van der Waals surface area contributed by atoms with Crippen molar-refractivity contribution in [2.75, 3.05) is 5.32 Å². The summed E-state index contributed by atoms with van der Waals surface area (Å²) in [7, 11) is 1.71. The summed E-state index contributed by atoms with van der Waals surface area (Å²) in [6.07, 6.45) is -4.60. The van der Waals surface area contributed by atoms with E-state index in [1.807, 2.05) is 0 Å². The Morgan fingerprint density at radius 2 is 1.96 bits per heavy atom. The van der Waals surface area contributed by atoms with Crippen molar-refractivity contribution >= 4 is 34.2 Å². The maximum absolute atomic E-state index is 12.9. The Morgan fingerprint density at radius 3 is 2.67 bits per heavy atom. The minimum atomic E-state index is -4.60. The first-order valence-corrected chi connectivity index (χ1v) is 7.11. The van der Waals surface area contributed by atoms with E-state index in [0.717, 1.165) is 17.6 Å². The van der Waals surface area contributed by atoms with Gasteiger partial charge in [-0.05, 0) is 36.4 Å². The Morgan fingerprint density at radius 1 is 1.21 bits per heavy atom. The summed E-state index contributed by atoms with van der Waals surface area (Å²) in [5.74, 6) is -0.557. The zero-order valence-corrected chi connectivity index (χ0v) is 13.0. The highest BCUT2D eigenvalue weighted by Crippen LogP contribution is 2.36. The minimum Gasteiger partial charge on any atom is -0.322 e. The van der Waals surface area contributed by atoms with Crippen LogP contribution in [0.4, 0.5) is 18.9 Å². The Labute approximate surface area is 139 Å². The van der Waals surface area contributed by atoms with Crippen LogP contribution >= 0.6 is 11.6 Å². The summed E-state index contributed by atoms with van der Waals surface area (Å²) in [4.78, 5) is 12.2. The lowest BCUT2D eigenvalue weighted by Gasteiger charge is -2.11. The first-order valence-electron chi connectivity index (χ1n) is 6.73. The Hall–Kier alpha value is -2.61. The molecule has 0 aliphatic rings. The van der Waals surface area contributed by atoms with E-state index >= 15 is 0 Å². The van der Waals surface area contributed by atoms with E-state index in [1.165, 1.54) is 12.1 Å². The van der Waals surface area contributed by atoms with Crippen molar-refractivity contribution in [2.45, 2.75) is 6.18 Å². The van der Waals surface area contributed by atoms with Crippen molar-refractivity contribution in [2.24, 2.45) is 7.05 Å². The van der Waals surface area contributed by atoms with Gasteiger partial charge in [-0.1, -0.05) is 16.8 Å². The van der Waals surface area contributed by atoms with Crippen molar-refractivity contribution in [3.63, 3.8) is 0 Å². The van der Waals surface area contributed by atoms with E-state index in [4.69, 9.17) is 11.6 Å². The van der Waals surface area contributed by atoms with Crippen LogP contribution in [0.5, 0.6) is 0 Å². The summed E-state index contributed by atoms with van der Waals surface area (Å²) in [5.41, 5.74) is 0.489. The molecular formula is C15H10ClF3N4O. The molecule has 9 heteroatoms. The molecule has 0 atom stereocenters. The van der Waals surface area contributed by atoms with Gasteiger partial charge < -0.3 is 5.32 Å². The van der Waals surface area contributed by atoms with Gasteiger partial charge >= 0.3 is 6.18 Å². The number of hydrogen-bond acceptors (Lipinski definition) is 3. The molecule has 0 radical (unpaired) electrons. The number of aromatic nitrogens is 3. The maximum atomic E-state index is 12.9. The van der Waals surface area contributed by atoms with Gasteiger partial charge in [0.15, 0.2) is 0 Å². The number of carbonyl (C=O) groups excluding carboxylic acids is 1. The fraction of sp³-hybridized carbons (Fsp3) is 0.133. The molecule has 0 unspecified atom stereocenters. The second-order valence-electron chi connectivity index (χ2n) is 5.06. The molecule has 1 aromatic heterocycles. The fourth-order valence-electron chi connectivity index (χ4n) is 2.21. The monoisotopic (exact) mass is 354 g/mol. The van der Waals surface area contributed by atoms with Crippen molar-refractivity contribution in [3.8, 4) is 0 Å². The molecule has 1 N–H and O–H groups in total. The number of hydrogen-bond donors (Lipinski definition) is 1. The number of nitrogens with one attached hydrogen (secondary N) is 1. The molecule has 0 saturated heterocycles.